The Morgan fingerprint density at radius 3 is 2.66 bits per heavy atom. The predicted octanol–water partition coefficient (Wildman–Crippen LogP) is 4.19. The molecule has 150 valence electrons. The van der Waals surface area contributed by atoms with E-state index in [0.29, 0.717) is 17.5 Å². The van der Waals surface area contributed by atoms with Crippen LogP contribution in [-0.2, 0) is 23.3 Å². The van der Waals surface area contributed by atoms with E-state index in [1.165, 1.54) is 11.8 Å². The number of nitrogens with one attached hydrogen (secondary N) is 1. The van der Waals surface area contributed by atoms with Crippen molar-refractivity contribution in [3.63, 3.8) is 0 Å². The molecule has 2 heterocycles. The molecule has 0 bridgehead atoms. The zero-order valence-electron chi connectivity index (χ0n) is 15.0. The molecular weight excluding hydrogens is 403 g/mol. The van der Waals surface area contributed by atoms with Crippen molar-refractivity contribution in [2.45, 2.75) is 23.5 Å². The van der Waals surface area contributed by atoms with Gasteiger partial charge < -0.3 is 9.88 Å². The van der Waals surface area contributed by atoms with Gasteiger partial charge in [0.25, 0.3) is 5.56 Å². The molecule has 29 heavy (non-hydrogen) atoms. The molecule has 2 aromatic heterocycles. The fourth-order valence-electron chi connectivity index (χ4n) is 2.56. The van der Waals surface area contributed by atoms with Crippen molar-refractivity contribution < 1.29 is 18.0 Å². The number of alkyl halides is 3. The lowest BCUT2D eigenvalue weighted by Crippen LogP contribution is -2.31. The van der Waals surface area contributed by atoms with E-state index in [0.717, 1.165) is 27.4 Å². The van der Waals surface area contributed by atoms with Gasteiger partial charge in [-0.2, -0.15) is 13.2 Å². The molecule has 0 fully saturated rings. The molecule has 0 atom stereocenters. The first kappa shape index (κ1) is 20.7. The van der Waals surface area contributed by atoms with E-state index in [2.05, 4.69) is 10.3 Å². The summed E-state index contributed by atoms with van der Waals surface area (Å²) >= 11 is 1.53. The SMILES string of the molecule is O=C(Cn1cccc(C(F)(F)F)c1=O)Nc1cccc(CSc2ccccn2)c1. The van der Waals surface area contributed by atoms with Gasteiger partial charge in [0.05, 0.1) is 5.03 Å². The highest BCUT2D eigenvalue weighted by molar-refractivity contribution is 7.98. The third-order valence-electron chi connectivity index (χ3n) is 3.87. The van der Waals surface area contributed by atoms with Crippen LogP contribution in [0.1, 0.15) is 11.1 Å². The molecule has 3 aromatic rings. The molecule has 1 N–H and O–H groups in total. The largest absolute Gasteiger partial charge is 0.421 e. The summed E-state index contributed by atoms with van der Waals surface area (Å²) in [6.45, 7) is -0.518. The van der Waals surface area contributed by atoms with Crippen LogP contribution < -0.4 is 10.9 Å². The topological polar surface area (TPSA) is 64.0 Å². The summed E-state index contributed by atoms with van der Waals surface area (Å²) < 4.78 is 39.2. The lowest BCUT2D eigenvalue weighted by Gasteiger charge is -2.11. The van der Waals surface area contributed by atoms with Crippen LogP contribution in [0.4, 0.5) is 18.9 Å². The number of benzene rings is 1. The van der Waals surface area contributed by atoms with Crippen LogP contribution in [0.2, 0.25) is 0 Å². The number of hydrogen-bond acceptors (Lipinski definition) is 4. The molecule has 1 amide bonds. The minimum absolute atomic E-state index is 0.495. The van der Waals surface area contributed by atoms with Crippen LogP contribution in [0, 0.1) is 0 Å². The fourth-order valence-corrected chi connectivity index (χ4v) is 3.37. The normalized spacial score (nSPS) is 11.3. The molecule has 0 unspecified atom stereocenters. The summed E-state index contributed by atoms with van der Waals surface area (Å²) in [6.07, 6.45) is -1.91. The fraction of sp³-hybridized carbons (Fsp3) is 0.150. The molecule has 0 saturated heterocycles. The summed E-state index contributed by atoms with van der Waals surface area (Å²) in [5.74, 6) is 0.0364. The first-order chi connectivity index (χ1) is 13.8. The highest BCUT2D eigenvalue weighted by Gasteiger charge is 2.34. The second-order valence-corrected chi connectivity index (χ2v) is 7.05. The van der Waals surface area contributed by atoms with Gasteiger partial charge in [-0.25, -0.2) is 4.98 Å². The van der Waals surface area contributed by atoms with Gasteiger partial charge in [-0.3, -0.25) is 9.59 Å². The molecule has 5 nitrogen and oxygen atoms in total. The number of thioether (sulfide) groups is 1. The zero-order valence-corrected chi connectivity index (χ0v) is 15.8. The smallest absolute Gasteiger partial charge is 0.325 e. The van der Waals surface area contributed by atoms with E-state index in [9.17, 15) is 22.8 Å². The number of hydrogen-bond donors (Lipinski definition) is 1. The Balaban J connectivity index is 1.65. The predicted molar refractivity (Wildman–Crippen MR) is 105 cm³/mol. The Bertz CT molecular complexity index is 1050. The van der Waals surface area contributed by atoms with Crippen molar-refractivity contribution in [2.24, 2.45) is 0 Å². The molecule has 3 rings (SSSR count). The first-order valence-corrected chi connectivity index (χ1v) is 9.51. The van der Waals surface area contributed by atoms with Crippen molar-refractivity contribution in [1.29, 1.82) is 0 Å². The highest BCUT2D eigenvalue weighted by atomic mass is 32.2. The van der Waals surface area contributed by atoms with E-state index in [-0.39, 0.29) is 0 Å². The maximum atomic E-state index is 12.8. The number of halogens is 3. The Morgan fingerprint density at radius 2 is 1.93 bits per heavy atom. The van der Waals surface area contributed by atoms with Crippen molar-refractivity contribution in [3.8, 4) is 0 Å². The van der Waals surface area contributed by atoms with Crippen molar-refractivity contribution >= 4 is 23.4 Å². The molecule has 0 saturated carbocycles. The van der Waals surface area contributed by atoms with Gasteiger partial charge >= 0.3 is 6.18 Å². The third-order valence-corrected chi connectivity index (χ3v) is 4.89. The number of anilines is 1. The molecule has 0 radical (unpaired) electrons. The maximum Gasteiger partial charge on any atom is 0.421 e. The van der Waals surface area contributed by atoms with Gasteiger partial charge in [-0.05, 0) is 42.0 Å². The average Bonchev–Trinajstić information content (AvgIpc) is 2.68. The third kappa shape index (κ3) is 5.71. The minimum Gasteiger partial charge on any atom is -0.325 e. The van der Waals surface area contributed by atoms with Crippen LogP contribution in [0.5, 0.6) is 0 Å². The van der Waals surface area contributed by atoms with Crippen LogP contribution in [0.3, 0.4) is 0 Å². The number of amides is 1. The summed E-state index contributed by atoms with van der Waals surface area (Å²) in [6, 6.07) is 14.5. The summed E-state index contributed by atoms with van der Waals surface area (Å²) in [7, 11) is 0. The summed E-state index contributed by atoms with van der Waals surface area (Å²) in [5, 5.41) is 3.48. The average molecular weight is 419 g/mol. The highest BCUT2D eigenvalue weighted by Crippen LogP contribution is 2.26. The molecule has 0 aliphatic carbocycles. The number of carbonyl (C=O) groups is 1. The molecule has 0 aliphatic heterocycles. The van der Waals surface area contributed by atoms with E-state index >= 15 is 0 Å². The number of carbonyl (C=O) groups excluding carboxylic acids is 1. The Kier molecular flexibility index (Phi) is 6.38. The maximum absolute atomic E-state index is 12.8. The molecule has 1 aromatic carbocycles. The van der Waals surface area contributed by atoms with E-state index < -0.39 is 29.8 Å². The zero-order chi connectivity index (χ0) is 20.9. The lowest BCUT2D eigenvalue weighted by molar-refractivity contribution is -0.139. The Labute approximate surface area is 168 Å². The van der Waals surface area contributed by atoms with E-state index in [4.69, 9.17) is 0 Å². The van der Waals surface area contributed by atoms with E-state index in [1.54, 1.807) is 24.4 Å². The number of aromatic nitrogens is 2. The number of pyridine rings is 2. The second-order valence-electron chi connectivity index (χ2n) is 6.06. The molecule has 9 heteroatoms. The lowest BCUT2D eigenvalue weighted by atomic mass is 10.2. The van der Waals surface area contributed by atoms with E-state index in [1.807, 2.05) is 24.3 Å². The molecular formula is C20H16F3N3O2S. The van der Waals surface area contributed by atoms with Crippen LogP contribution in [-0.4, -0.2) is 15.5 Å². The van der Waals surface area contributed by atoms with Crippen LogP contribution in [0.25, 0.3) is 0 Å². The first-order valence-electron chi connectivity index (χ1n) is 8.52. The Hall–Kier alpha value is -3.07. The van der Waals surface area contributed by atoms with Gasteiger partial charge in [-0.15, -0.1) is 11.8 Å². The van der Waals surface area contributed by atoms with Gasteiger partial charge in [0.15, 0.2) is 0 Å². The van der Waals surface area contributed by atoms with Crippen molar-refractivity contribution in [3.05, 3.63) is 88.5 Å². The minimum atomic E-state index is -4.77. The Morgan fingerprint density at radius 1 is 1.10 bits per heavy atom. The van der Waals surface area contributed by atoms with Crippen LogP contribution in [0.15, 0.2) is 76.8 Å². The summed E-state index contributed by atoms with van der Waals surface area (Å²) in [4.78, 5) is 28.4. The molecule has 0 spiro atoms. The number of rotatable bonds is 6. The second kappa shape index (κ2) is 8.95. The summed E-state index contributed by atoms with van der Waals surface area (Å²) in [5.41, 5.74) is -1.12. The van der Waals surface area contributed by atoms with Gasteiger partial charge in [0.1, 0.15) is 12.1 Å². The van der Waals surface area contributed by atoms with Gasteiger partial charge in [0.2, 0.25) is 5.91 Å². The van der Waals surface area contributed by atoms with Crippen molar-refractivity contribution in [2.75, 3.05) is 5.32 Å². The number of nitrogens with zero attached hydrogens (tertiary/aromatic N) is 2. The monoisotopic (exact) mass is 419 g/mol. The van der Waals surface area contributed by atoms with Crippen LogP contribution >= 0.6 is 11.8 Å². The molecule has 0 aliphatic rings. The van der Waals surface area contributed by atoms with Gasteiger partial charge in [0, 0.05) is 23.8 Å². The van der Waals surface area contributed by atoms with Crippen molar-refractivity contribution in [1.82, 2.24) is 9.55 Å². The quantitative estimate of drug-likeness (QED) is 0.609. The standard InChI is InChI=1S/C20H16F3N3O2S/c21-20(22,23)16-7-4-10-26(19(16)28)12-17(27)25-15-6-3-5-14(11-15)13-29-18-8-1-2-9-24-18/h1-11H,12-13H2,(H,25,27). The van der Waals surface area contributed by atoms with Gasteiger partial charge in [-0.1, -0.05) is 18.2 Å².